The van der Waals surface area contributed by atoms with Gasteiger partial charge >= 0.3 is 12.0 Å². The van der Waals surface area contributed by atoms with Gasteiger partial charge in [-0.15, -0.1) is 0 Å². The number of nitrogens with zero attached hydrogens (tertiary/aromatic N) is 3. The average molecular weight is 412 g/mol. The van der Waals surface area contributed by atoms with Crippen molar-refractivity contribution in [2.45, 2.75) is 25.7 Å². The van der Waals surface area contributed by atoms with Crippen LogP contribution in [-0.4, -0.2) is 27.1 Å². The van der Waals surface area contributed by atoms with Crippen molar-refractivity contribution in [3.05, 3.63) is 63.6 Å². The normalized spacial score (nSPS) is 16.0. The maximum atomic E-state index is 14.3. The van der Waals surface area contributed by atoms with E-state index in [4.69, 9.17) is 5.26 Å². The molecule has 1 atom stereocenters. The number of aliphatic hydroxyl groups excluding tert-OH is 1. The number of benzene rings is 2. The number of halogens is 2. The summed E-state index contributed by atoms with van der Waals surface area (Å²) in [6, 6.07) is 10.6. The number of nitrogens with one attached hydrogen (secondary N) is 1. The first-order chi connectivity index (χ1) is 14.2. The summed E-state index contributed by atoms with van der Waals surface area (Å²) in [5, 5.41) is 18.9. The fourth-order valence-electron chi connectivity index (χ4n) is 3.24. The maximum Gasteiger partial charge on any atom is 0.483 e. The van der Waals surface area contributed by atoms with Crippen LogP contribution >= 0.6 is 0 Å². The Morgan fingerprint density at radius 3 is 2.80 bits per heavy atom. The molecule has 0 spiro atoms. The lowest BCUT2D eigenvalue weighted by Gasteiger charge is -2.34. The molecule has 2 N–H and O–H groups in total. The Kier molecular flexibility index (Phi) is 4.47. The number of amides is 1. The first-order valence-corrected chi connectivity index (χ1v) is 8.84. The third kappa shape index (κ3) is 3.15. The molecule has 2 aromatic carbocycles. The second-order valence-corrected chi connectivity index (χ2v) is 6.74. The van der Waals surface area contributed by atoms with E-state index in [2.05, 4.69) is 14.7 Å². The van der Waals surface area contributed by atoms with Crippen LogP contribution in [0.5, 0.6) is 5.75 Å². The largest absolute Gasteiger partial charge is 0.483 e. The van der Waals surface area contributed by atoms with Gasteiger partial charge in [0.25, 0.3) is 5.56 Å². The molecule has 152 valence electrons. The van der Waals surface area contributed by atoms with Crippen LogP contribution in [0.1, 0.15) is 29.8 Å². The quantitative estimate of drug-likeness (QED) is 0.682. The highest BCUT2D eigenvalue weighted by atomic mass is 19.3. The van der Waals surface area contributed by atoms with E-state index in [0.29, 0.717) is 16.0 Å². The van der Waals surface area contributed by atoms with Gasteiger partial charge in [-0.3, -0.25) is 14.5 Å². The van der Waals surface area contributed by atoms with E-state index in [0.717, 1.165) is 0 Å². The first kappa shape index (κ1) is 19.5. The third-order valence-electron chi connectivity index (χ3n) is 4.69. The lowest BCUT2D eigenvalue weighted by Crippen LogP contribution is -2.51. The Morgan fingerprint density at radius 1 is 1.33 bits per heavy atom. The molecule has 1 aromatic heterocycles. The van der Waals surface area contributed by atoms with Crippen LogP contribution in [0.2, 0.25) is 0 Å². The molecule has 1 aliphatic heterocycles. The SMILES string of the molecule is CC(O)c1cccc2c1OC(F)(F)C(=O)N2Cc1nc2cc(C#N)ccc2[nH]c1=O. The maximum absolute atomic E-state index is 14.3. The smallest absolute Gasteiger partial charge is 0.423 e. The summed E-state index contributed by atoms with van der Waals surface area (Å²) in [7, 11) is 0. The lowest BCUT2D eigenvalue weighted by atomic mass is 10.1. The van der Waals surface area contributed by atoms with Gasteiger partial charge in [0.15, 0.2) is 5.75 Å². The van der Waals surface area contributed by atoms with Gasteiger partial charge in [0.1, 0.15) is 5.69 Å². The second-order valence-electron chi connectivity index (χ2n) is 6.74. The highest BCUT2D eigenvalue weighted by Crippen LogP contribution is 2.43. The van der Waals surface area contributed by atoms with E-state index in [9.17, 15) is 23.5 Å². The monoisotopic (exact) mass is 412 g/mol. The topological polar surface area (TPSA) is 119 Å². The highest BCUT2D eigenvalue weighted by Gasteiger charge is 2.51. The van der Waals surface area contributed by atoms with Crippen LogP contribution < -0.4 is 15.2 Å². The zero-order valence-corrected chi connectivity index (χ0v) is 15.5. The molecule has 0 bridgehead atoms. The number of aromatic nitrogens is 2. The predicted molar refractivity (Wildman–Crippen MR) is 101 cm³/mol. The van der Waals surface area contributed by atoms with Crippen LogP contribution in [0.25, 0.3) is 11.0 Å². The number of aromatic amines is 1. The van der Waals surface area contributed by atoms with Crippen LogP contribution in [0.15, 0.2) is 41.2 Å². The van der Waals surface area contributed by atoms with Crippen molar-refractivity contribution in [1.29, 1.82) is 5.26 Å². The minimum absolute atomic E-state index is 0.0172. The number of hydrogen-bond acceptors (Lipinski definition) is 6. The number of H-pyrrole nitrogens is 1. The fraction of sp³-hybridized carbons (Fsp3) is 0.200. The van der Waals surface area contributed by atoms with Gasteiger partial charge in [0, 0.05) is 5.56 Å². The van der Waals surface area contributed by atoms with Crippen molar-refractivity contribution in [2.75, 3.05) is 4.90 Å². The van der Waals surface area contributed by atoms with Crippen molar-refractivity contribution in [3.8, 4) is 11.8 Å². The molecule has 0 saturated heterocycles. The van der Waals surface area contributed by atoms with Gasteiger partial charge in [-0.25, -0.2) is 4.98 Å². The number of hydrogen-bond donors (Lipinski definition) is 2. The molecule has 4 rings (SSSR count). The van der Waals surface area contributed by atoms with E-state index in [-0.39, 0.29) is 28.2 Å². The Morgan fingerprint density at radius 2 is 2.10 bits per heavy atom. The Balaban J connectivity index is 1.84. The summed E-state index contributed by atoms with van der Waals surface area (Å²) in [6.45, 7) is 0.816. The van der Waals surface area contributed by atoms with Gasteiger partial charge in [-0.05, 0) is 31.2 Å². The zero-order valence-electron chi connectivity index (χ0n) is 15.5. The van der Waals surface area contributed by atoms with Crippen molar-refractivity contribution < 1.29 is 23.4 Å². The van der Waals surface area contributed by atoms with Crippen LogP contribution in [-0.2, 0) is 11.3 Å². The molecule has 0 fully saturated rings. The van der Waals surface area contributed by atoms with Crippen molar-refractivity contribution in [3.63, 3.8) is 0 Å². The number of para-hydroxylation sites is 1. The van der Waals surface area contributed by atoms with E-state index < -0.39 is 30.2 Å². The molecular formula is C20H14F2N4O4. The van der Waals surface area contributed by atoms with E-state index >= 15 is 0 Å². The standard InChI is InChI=1S/C20H14F2N4O4/c1-10(27)12-3-2-4-16-17(12)30-20(21,22)19(29)26(16)9-15-18(28)25-13-6-5-11(8-23)7-14(13)24-15/h2-7,10,27H,9H2,1H3,(H,25,28). The summed E-state index contributed by atoms with van der Waals surface area (Å²) >= 11 is 0. The summed E-state index contributed by atoms with van der Waals surface area (Å²) in [5.74, 6) is -2.01. The number of anilines is 1. The number of fused-ring (bicyclic) bond motifs is 2. The van der Waals surface area contributed by atoms with Gasteiger partial charge in [0.05, 0.1) is 41.0 Å². The van der Waals surface area contributed by atoms with Crippen molar-refractivity contribution in [2.24, 2.45) is 0 Å². The average Bonchev–Trinajstić information content (AvgIpc) is 2.70. The number of carbonyl (C=O) groups is 1. The molecular weight excluding hydrogens is 398 g/mol. The minimum atomic E-state index is -4.18. The Hall–Kier alpha value is -3.84. The fourth-order valence-corrected chi connectivity index (χ4v) is 3.24. The predicted octanol–water partition coefficient (Wildman–Crippen LogP) is 2.37. The highest BCUT2D eigenvalue weighted by molar-refractivity contribution is 6.01. The molecule has 3 aromatic rings. The molecule has 1 amide bonds. The number of aliphatic hydroxyl groups is 1. The number of alkyl halides is 2. The summed E-state index contributed by atoms with van der Waals surface area (Å²) < 4.78 is 33.2. The Labute approximate surface area is 168 Å². The third-order valence-corrected chi connectivity index (χ3v) is 4.69. The Bertz CT molecular complexity index is 1280. The van der Waals surface area contributed by atoms with Gasteiger partial charge < -0.3 is 14.8 Å². The second kappa shape index (κ2) is 6.89. The molecule has 1 aliphatic rings. The number of rotatable bonds is 3. The summed E-state index contributed by atoms with van der Waals surface area (Å²) in [5.41, 5.74) is 0.126. The molecule has 8 nitrogen and oxygen atoms in total. The van der Waals surface area contributed by atoms with E-state index in [1.165, 1.54) is 43.3 Å². The van der Waals surface area contributed by atoms with Crippen LogP contribution in [0, 0.1) is 11.3 Å². The molecule has 0 aliphatic carbocycles. The molecule has 1 unspecified atom stereocenters. The summed E-state index contributed by atoms with van der Waals surface area (Å²) in [6.07, 6.45) is -5.31. The van der Waals surface area contributed by atoms with Gasteiger partial charge in [-0.1, -0.05) is 12.1 Å². The number of ether oxygens (including phenoxy) is 1. The van der Waals surface area contributed by atoms with Crippen molar-refractivity contribution in [1.82, 2.24) is 9.97 Å². The molecule has 10 heteroatoms. The lowest BCUT2D eigenvalue weighted by molar-refractivity contribution is -0.193. The molecule has 0 radical (unpaired) electrons. The van der Waals surface area contributed by atoms with E-state index in [1.54, 1.807) is 0 Å². The van der Waals surface area contributed by atoms with E-state index in [1.807, 2.05) is 6.07 Å². The molecule has 30 heavy (non-hydrogen) atoms. The van der Waals surface area contributed by atoms with Crippen LogP contribution in [0.3, 0.4) is 0 Å². The number of nitriles is 1. The molecule has 2 heterocycles. The molecule has 0 saturated carbocycles. The van der Waals surface area contributed by atoms with Gasteiger partial charge in [-0.2, -0.15) is 14.0 Å². The minimum Gasteiger partial charge on any atom is -0.423 e. The van der Waals surface area contributed by atoms with Crippen molar-refractivity contribution >= 4 is 22.6 Å². The first-order valence-electron chi connectivity index (χ1n) is 8.84. The number of carbonyl (C=O) groups excluding carboxylic acids is 1. The van der Waals surface area contributed by atoms with Crippen LogP contribution in [0.4, 0.5) is 14.5 Å². The zero-order chi connectivity index (χ0) is 21.6. The summed E-state index contributed by atoms with van der Waals surface area (Å²) in [4.78, 5) is 32.2. The van der Waals surface area contributed by atoms with Gasteiger partial charge in [0.2, 0.25) is 0 Å².